The summed E-state index contributed by atoms with van der Waals surface area (Å²) in [6.45, 7) is 2.58. The van der Waals surface area contributed by atoms with Crippen molar-refractivity contribution < 1.29 is 14.7 Å². The lowest BCUT2D eigenvalue weighted by atomic mass is 9.99. The van der Waals surface area contributed by atoms with Gasteiger partial charge in [-0.15, -0.1) is 11.3 Å². The molecule has 98 valence electrons. The maximum Gasteiger partial charge on any atom is 0.308 e. The molecule has 1 aromatic heterocycles. The number of aliphatic carboxylic acids is 1. The van der Waals surface area contributed by atoms with E-state index in [0.717, 1.165) is 4.88 Å². The standard InChI is InChI=1S/C12H16N2O3S/c1-7-5-14(6-8(7)12(16)17)11(15)10(13)9-3-2-4-18-9/h2-4,7-8,10H,5-6,13H2,1H3,(H,16,17). The highest BCUT2D eigenvalue weighted by Gasteiger charge is 2.38. The van der Waals surface area contributed by atoms with Gasteiger partial charge in [-0.25, -0.2) is 0 Å². The summed E-state index contributed by atoms with van der Waals surface area (Å²) in [7, 11) is 0. The minimum atomic E-state index is -0.845. The summed E-state index contributed by atoms with van der Waals surface area (Å²) in [6, 6.07) is 2.99. The van der Waals surface area contributed by atoms with Crippen LogP contribution < -0.4 is 5.73 Å². The van der Waals surface area contributed by atoms with Gasteiger partial charge in [0, 0.05) is 18.0 Å². The fraction of sp³-hybridized carbons (Fsp3) is 0.500. The number of amides is 1. The van der Waals surface area contributed by atoms with Crippen molar-refractivity contribution in [1.29, 1.82) is 0 Å². The van der Waals surface area contributed by atoms with Gasteiger partial charge in [0.05, 0.1) is 5.92 Å². The number of carbonyl (C=O) groups excluding carboxylic acids is 1. The number of nitrogens with two attached hydrogens (primary N) is 1. The van der Waals surface area contributed by atoms with Crippen LogP contribution in [0.25, 0.3) is 0 Å². The second-order valence-corrected chi connectivity index (χ2v) is 5.64. The lowest BCUT2D eigenvalue weighted by molar-refractivity contribution is -0.142. The first-order valence-electron chi connectivity index (χ1n) is 5.81. The molecular formula is C12H16N2O3S. The van der Waals surface area contributed by atoms with E-state index in [2.05, 4.69) is 0 Å². The first-order chi connectivity index (χ1) is 8.50. The zero-order chi connectivity index (χ0) is 13.3. The largest absolute Gasteiger partial charge is 0.481 e. The maximum atomic E-state index is 12.2. The summed E-state index contributed by atoms with van der Waals surface area (Å²) in [4.78, 5) is 25.6. The molecule has 1 saturated heterocycles. The summed E-state index contributed by atoms with van der Waals surface area (Å²) < 4.78 is 0. The molecule has 3 atom stereocenters. The monoisotopic (exact) mass is 268 g/mol. The Morgan fingerprint density at radius 2 is 2.28 bits per heavy atom. The van der Waals surface area contributed by atoms with Gasteiger partial charge in [0.25, 0.3) is 0 Å². The SMILES string of the molecule is CC1CN(C(=O)C(N)c2cccs2)CC1C(=O)O. The van der Waals surface area contributed by atoms with Gasteiger partial charge in [-0.3, -0.25) is 9.59 Å². The van der Waals surface area contributed by atoms with Crippen molar-refractivity contribution >= 4 is 23.2 Å². The van der Waals surface area contributed by atoms with Crippen molar-refractivity contribution in [3.05, 3.63) is 22.4 Å². The van der Waals surface area contributed by atoms with Gasteiger partial charge in [0.1, 0.15) is 6.04 Å². The molecule has 3 N–H and O–H groups in total. The van der Waals surface area contributed by atoms with Crippen LogP contribution >= 0.6 is 11.3 Å². The second kappa shape index (κ2) is 5.07. The molecule has 18 heavy (non-hydrogen) atoms. The van der Waals surface area contributed by atoms with E-state index in [0.29, 0.717) is 6.54 Å². The number of nitrogens with zero attached hydrogens (tertiary/aromatic N) is 1. The van der Waals surface area contributed by atoms with Crippen LogP contribution in [-0.4, -0.2) is 35.0 Å². The Morgan fingerprint density at radius 3 is 2.78 bits per heavy atom. The third-order valence-corrected chi connectivity index (χ3v) is 4.31. The van der Waals surface area contributed by atoms with Crippen LogP contribution in [0, 0.1) is 11.8 Å². The molecule has 6 heteroatoms. The highest BCUT2D eigenvalue weighted by Crippen LogP contribution is 2.26. The van der Waals surface area contributed by atoms with Crippen LogP contribution in [0.15, 0.2) is 17.5 Å². The Morgan fingerprint density at radius 1 is 1.56 bits per heavy atom. The third-order valence-electron chi connectivity index (χ3n) is 3.36. The minimum absolute atomic E-state index is 0.0259. The van der Waals surface area contributed by atoms with Crippen LogP contribution in [-0.2, 0) is 9.59 Å². The van der Waals surface area contributed by atoms with E-state index in [-0.39, 0.29) is 18.4 Å². The van der Waals surface area contributed by atoms with Crippen molar-refractivity contribution in [3.63, 3.8) is 0 Å². The smallest absolute Gasteiger partial charge is 0.308 e. The second-order valence-electron chi connectivity index (χ2n) is 4.66. The molecule has 0 spiro atoms. The molecule has 5 nitrogen and oxygen atoms in total. The van der Waals surface area contributed by atoms with Crippen LogP contribution in [0.1, 0.15) is 17.8 Å². The highest BCUT2D eigenvalue weighted by atomic mass is 32.1. The Bertz CT molecular complexity index is 446. The molecule has 1 aromatic rings. The Labute approximate surface area is 109 Å². The number of carboxylic acid groups (broad SMARTS) is 1. The first-order valence-corrected chi connectivity index (χ1v) is 6.69. The average Bonchev–Trinajstić information content (AvgIpc) is 2.95. The molecule has 2 heterocycles. The number of carbonyl (C=O) groups is 2. The number of likely N-dealkylation sites (tertiary alicyclic amines) is 1. The Kier molecular flexibility index (Phi) is 3.68. The highest BCUT2D eigenvalue weighted by molar-refractivity contribution is 7.10. The van der Waals surface area contributed by atoms with Gasteiger partial charge in [0.2, 0.25) is 5.91 Å². The van der Waals surface area contributed by atoms with E-state index < -0.39 is 17.9 Å². The van der Waals surface area contributed by atoms with E-state index in [4.69, 9.17) is 10.8 Å². The first kappa shape index (κ1) is 13.0. The van der Waals surface area contributed by atoms with Crippen molar-refractivity contribution in [1.82, 2.24) is 4.90 Å². The normalized spacial score (nSPS) is 25.1. The Balaban J connectivity index is 2.05. The predicted octanol–water partition coefficient (Wildman–Crippen LogP) is 0.927. The van der Waals surface area contributed by atoms with Crippen LogP contribution in [0.3, 0.4) is 0 Å². The molecule has 1 amide bonds. The maximum absolute atomic E-state index is 12.2. The lowest BCUT2D eigenvalue weighted by Gasteiger charge is -2.19. The van der Waals surface area contributed by atoms with Crippen molar-refractivity contribution in [2.24, 2.45) is 17.6 Å². The zero-order valence-corrected chi connectivity index (χ0v) is 10.9. The molecule has 3 unspecified atom stereocenters. The van der Waals surface area contributed by atoms with Crippen molar-refractivity contribution in [2.75, 3.05) is 13.1 Å². The quantitative estimate of drug-likeness (QED) is 0.854. The van der Waals surface area contributed by atoms with Gasteiger partial charge in [-0.2, -0.15) is 0 Å². The molecule has 2 rings (SSSR count). The molecule has 0 aliphatic carbocycles. The fourth-order valence-corrected chi connectivity index (χ4v) is 2.97. The van der Waals surface area contributed by atoms with Crippen LogP contribution in [0.4, 0.5) is 0 Å². The van der Waals surface area contributed by atoms with E-state index in [9.17, 15) is 9.59 Å². The Hall–Kier alpha value is -1.40. The summed E-state index contributed by atoms with van der Waals surface area (Å²) in [5.41, 5.74) is 5.90. The zero-order valence-electron chi connectivity index (χ0n) is 10.1. The van der Waals surface area contributed by atoms with Gasteiger partial charge < -0.3 is 15.7 Å². The fourth-order valence-electron chi connectivity index (χ4n) is 2.25. The van der Waals surface area contributed by atoms with E-state index in [1.807, 2.05) is 24.4 Å². The van der Waals surface area contributed by atoms with Gasteiger partial charge >= 0.3 is 5.97 Å². The van der Waals surface area contributed by atoms with Crippen LogP contribution in [0.5, 0.6) is 0 Å². The summed E-state index contributed by atoms with van der Waals surface area (Å²) >= 11 is 1.44. The van der Waals surface area contributed by atoms with Gasteiger partial charge in [-0.1, -0.05) is 13.0 Å². The van der Waals surface area contributed by atoms with Crippen molar-refractivity contribution in [3.8, 4) is 0 Å². The van der Waals surface area contributed by atoms with E-state index >= 15 is 0 Å². The summed E-state index contributed by atoms with van der Waals surface area (Å²) in [5, 5.41) is 10.9. The number of thiophene rings is 1. The molecule has 0 radical (unpaired) electrons. The number of hydrogen-bond acceptors (Lipinski definition) is 4. The molecule has 1 fully saturated rings. The minimum Gasteiger partial charge on any atom is -0.481 e. The van der Waals surface area contributed by atoms with E-state index in [1.165, 1.54) is 11.3 Å². The van der Waals surface area contributed by atoms with Gasteiger partial charge in [-0.05, 0) is 17.4 Å². The molecule has 0 aromatic carbocycles. The number of hydrogen-bond donors (Lipinski definition) is 2. The molecule has 0 saturated carbocycles. The third kappa shape index (κ3) is 2.39. The predicted molar refractivity (Wildman–Crippen MR) is 68.1 cm³/mol. The van der Waals surface area contributed by atoms with Gasteiger partial charge in [0.15, 0.2) is 0 Å². The number of carboxylic acids is 1. The number of rotatable bonds is 3. The average molecular weight is 268 g/mol. The molecular weight excluding hydrogens is 252 g/mol. The van der Waals surface area contributed by atoms with Crippen LogP contribution in [0.2, 0.25) is 0 Å². The molecule has 1 aliphatic rings. The summed E-state index contributed by atoms with van der Waals surface area (Å²) in [6.07, 6.45) is 0. The summed E-state index contributed by atoms with van der Waals surface area (Å²) in [5.74, 6) is -1.54. The topological polar surface area (TPSA) is 83.6 Å². The molecule has 0 bridgehead atoms. The molecule has 1 aliphatic heterocycles. The lowest BCUT2D eigenvalue weighted by Crippen LogP contribution is -2.37. The van der Waals surface area contributed by atoms with Crippen molar-refractivity contribution in [2.45, 2.75) is 13.0 Å². The van der Waals surface area contributed by atoms with E-state index in [1.54, 1.807) is 4.90 Å².